The predicted molar refractivity (Wildman–Crippen MR) is 105 cm³/mol. The number of rotatable bonds is 6. The summed E-state index contributed by atoms with van der Waals surface area (Å²) in [7, 11) is 1.74. The Labute approximate surface area is 156 Å². The molecule has 0 aromatic heterocycles. The van der Waals surface area contributed by atoms with Crippen molar-refractivity contribution < 1.29 is 9.47 Å². The summed E-state index contributed by atoms with van der Waals surface area (Å²) in [5, 5.41) is 3.77. The number of ether oxygens (including phenoxy) is 2. The lowest BCUT2D eigenvalue weighted by Gasteiger charge is -2.27. The SMILES string of the molecule is COc1ccc2c(c1)C(c1ccccc1)C(CCCN1CCOCC1)N2. The zero-order chi connectivity index (χ0) is 17.8. The van der Waals surface area contributed by atoms with Crippen molar-refractivity contribution in [2.24, 2.45) is 0 Å². The number of hydrogen-bond donors (Lipinski definition) is 1. The van der Waals surface area contributed by atoms with Crippen LogP contribution in [0.2, 0.25) is 0 Å². The van der Waals surface area contributed by atoms with Crippen molar-refractivity contribution in [3.63, 3.8) is 0 Å². The molecule has 2 atom stereocenters. The van der Waals surface area contributed by atoms with Crippen LogP contribution in [0.5, 0.6) is 5.75 Å². The van der Waals surface area contributed by atoms with Crippen molar-refractivity contribution in [3.8, 4) is 5.75 Å². The van der Waals surface area contributed by atoms with Crippen LogP contribution in [0.25, 0.3) is 0 Å². The molecule has 2 aliphatic rings. The van der Waals surface area contributed by atoms with E-state index in [4.69, 9.17) is 9.47 Å². The van der Waals surface area contributed by atoms with Gasteiger partial charge in [-0.15, -0.1) is 0 Å². The highest BCUT2D eigenvalue weighted by Crippen LogP contribution is 2.43. The van der Waals surface area contributed by atoms with Crippen LogP contribution in [0.4, 0.5) is 5.69 Å². The lowest BCUT2D eigenvalue weighted by atomic mass is 9.86. The van der Waals surface area contributed by atoms with Gasteiger partial charge in [-0.25, -0.2) is 0 Å². The van der Waals surface area contributed by atoms with Gasteiger partial charge in [0.25, 0.3) is 0 Å². The molecule has 4 nitrogen and oxygen atoms in total. The Kier molecular flexibility index (Phi) is 5.42. The number of benzene rings is 2. The van der Waals surface area contributed by atoms with E-state index >= 15 is 0 Å². The van der Waals surface area contributed by atoms with Crippen LogP contribution in [-0.4, -0.2) is 50.9 Å². The monoisotopic (exact) mass is 352 g/mol. The molecule has 26 heavy (non-hydrogen) atoms. The average molecular weight is 352 g/mol. The van der Waals surface area contributed by atoms with E-state index in [2.05, 4.69) is 52.7 Å². The van der Waals surface area contributed by atoms with E-state index in [1.54, 1.807) is 7.11 Å². The molecule has 4 heteroatoms. The molecule has 1 fully saturated rings. The molecule has 2 heterocycles. The van der Waals surface area contributed by atoms with E-state index in [1.165, 1.54) is 23.2 Å². The average Bonchev–Trinajstić information content (AvgIpc) is 3.06. The molecule has 2 aliphatic heterocycles. The summed E-state index contributed by atoms with van der Waals surface area (Å²) in [4.78, 5) is 2.52. The first-order valence-corrected chi connectivity index (χ1v) is 9.64. The van der Waals surface area contributed by atoms with Gasteiger partial charge >= 0.3 is 0 Å². The number of anilines is 1. The van der Waals surface area contributed by atoms with E-state index in [1.807, 2.05) is 6.07 Å². The Morgan fingerprint density at radius 3 is 2.69 bits per heavy atom. The molecule has 0 aliphatic carbocycles. The van der Waals surface area contributed by atoms with Crippen LogP contribution in [0.15, 0.2) is 48.5 Å². The fourth-order valence-electron chi connectivity index (χ4n) is 4.23. The normalized spacial score (nSPS) is 22.7. The Bertz CT molecular complexity index is 713. The van der Waals surface area contributed by atoms with Crippen molar-refractivity contribution in [1.82, 2.24) is 4.90 Å². The second-order valence-corrected chi connectivity index (χ2v) is 7.19. The van der Waals surface area contributed by atoms with Gasteiger partial charge in [0.1, 0.15) is 5.75 Å². The molecule has 4 rings (SSSR count). The second kappa shape index (κ2) is 8.11. The van der Waals surface area contributed by atoms with E-state index in [-0.39, 0.29) is 0 Å². The number of nitrogens with one attached hydrogen (secondary N) is 1. The molecule has 0 saturated carbocycles. The van der Waals surface area contributed by atoms with Gasteiger partial charge in [0.2, 0.25) is 0 Å². The van der Waals surface area contributed by atoms with Crippen molar-refractivity contribution in [2.75, 3.05) is 45.3 Å². The van der Waals surface area contributed by atoms with Crippen LogP contribution in [-0.2, 0) is 4.74 Å². The molecule has 0 radical (unpaired) electrons. The van der Waals surface area contributed by atoms with Gasteiger partial charge in [-0.3, -0.25) is 4.90 Å². The van der Waals surface area contributed by atoms with Gasteiger partial charge in [-0.1, -0.05) is 30.3 Å². The molecule has 0 bridgehead atoms. The zero-order valence-electron chi connectivity index (χ0n) is 15.5. The number of morpholine rings is 1. The molecule has 1 N–H and O–H groups in total. The summed E-state index contributed by atoms with van der Waals surface area (Å²) in [6.45, 7) is 5.04. The molecule has 2 aromatic carbocycles. The van der Waals surface area contributed by atoms with Gasteiger partial charge in [-0.05, 0) is 48.7 Å². The summed E-state index contributed by atoms with van der Waals surface area (Å²) in [6.07, 6.45) is 2.36. The number of hydrogen-bond acceptors (Lipinski definition) is 4. The van der Waals surface area contributed by atoms with Crippen molar-refractivity contribution in [2.45, 2.75) is 24.8 Å². The van der Waals surface area contributed by atoms with E-state index in [0.29, 0.717) is 12.0 Å². The highest BCUT2D eigenvalue weighted by Gasteiger charge is 2.33. The number of fused-ring (bicyclic) bond motifs is 1. The topological polar surface area (TPSA) is 33.7 Å². The minimum absolute atomic E-state index is 0.381. The van der Waals surface area contributed by atoms with Gasteiger partial charge < -0.3 is 14.8 Å². The van der Waals surface area contributed by atoms with Crippen LogP contribution in [0, 0.1) is 0 Å². The number of nitrogens with zero attached hydrogens (tertiary/aromatic N) is 1. The van der Waals surface area contributed by atoms with Crippen LogP contribution >= 0.6 is 0 Å². The predicted octanol–water partition coefficient (Wildman–Crippen LogP) is 3.73. The van der Waals surface area contributed by atoms with Crippen molar-refractivity contribution >= 4 is 5.69 Å². The molecule has 2 aromatic rings. The molecule has 1 saturated heterocycles. The maximum absolute atomic E-state index is 5.47. The number of methoxy groups -OCH3 is 1. The zero-order valence-corrected chi connectivity index (χ0v) is 15.5. The molecular formula is C22H28N2O2. The van der Waals surface area contributed by atoms with E-state index in [9.17, 15) is 0 Å². The first-order chi connectivity index (χ1) is 12.8. The lowest BCUT2D eigenvalue weighted by molar-refractivity contribution is 0.0370. The van der Waals surface area contributed by atoms with Crippen molar-refractivity contribution in [1.29, 1.82) is 0 Å². The van der Waals surface area contributed by atoms with Crippen LogP contribution in [0.3, 0.4) is 0 Å². The van der Waals surface area contributed by atoms with E-state index < -0.39 is 0 Å². The highest BCUT2D eigenvalue weighted by atomic mass is 16.5. The first kappa shape index (κ1) is 17.4. The van der Waals surface area contributed by atoms with Gasteiger partial charge in [0.05, 0.1) is 20.3 Å². The molecule has 2 unspecified atom stereocenters. The fraction of sp³-hybridized carbons (Fsp3) is 0.455. The van der Waals surface area contributed by atoms with Gasteiger partial charge in [0, 0.05) is 30.7 Å². The van der Waals surface area contributed by atoms with Gasteiger partial charge in [0.15, 0.2) is 0 Å². The smallest absolute Gasteiger partial charge is 0.119 e. The summed E-state index contributed by atoms with van der Waals surface area (Å²) < 4.78 is 10.9. The van der Waals surface area contributed by atoms with Crippen LogP contribution < -0.4 is 10.1 Å². The second-order valence-electron chi connectivity index (χ2n) is 7.19. The van der Waals surface area contributed by atoms with E-state index in [0.717, 1.165) is 45.0 Å². The Balaban J connectivity index is 1.50. The standard InChI is InChI=1S/C22H28N2O2/c1-25-18-9-10-20-19(16-18)22(17-6-3-2-4-7-17)21(23-20)8-5-11-24-12-14-26-15-13-24/h2-4,6-7,9-10,16,21-23H,5,8,11-15H2,1H3. The highest BCUT2D eigenvalue weighted by molar-refractivity contribution is 5.64. The lowest BCUT2D eigenvalue weighted by Crippen LogP contribution is -2.37. The molecular weight excluding hydrogens is 324 g/mol. The summed E-state index contributed by atoms with van der Waals surface area (Å²) in [5.74, 6) is 1.31. The third-order valence-electron chi connectivity index (χ3n) is 5.59. The molecule has 138 valence electrons. The summed E-state index contributed by atoms with van der Waals surface area (Å²) in [5.41, 5.74) is 3.98. The Morgan fingerprint density at radius 2 is 1.92 bits per heavy atom. The van der Waals surface area contributed by atoms with Crippen LogP contribution in [0.1, 0.15) is 29.9 Å². The molecule has 0 amide bonds. The quantitative estimate of drug-likeness (QED) is 0.859. The Morgan fingerprint density at radius 1 is 1.12 bits per heavy atom. The maximum Gasteiger partial charge on any atom is 0.119 e. The molecule has 0 spiro atoms. The van der Waals surface area contributed by atoms with Gasteiger partial charge in [-0.2, -0.15) is 0 Å². The first-order valence-electron chi connectivity index (χ1n) is 9.64. The minimum Gasteiger partial charge on any atom is -0.497 e. The third-order valence-corrected chi connectivity index (χ3v) is 5.59. The maximum atomic E-state index is 5.47. The summed E-state index contributed by atoms with van der Waals surface area (Å²) in [6, 6.07) is 17.7. The van der Waals surface area contributed by atoms with Crippen molar-refractivity contribution in [3.05, 3.63) is 59.7 Å². The third kappa shape index (κ3) is 3.71. The Hall–Kier alpha value is -2.04. The fourth-order valence-corrected chi connectivity index (χ4v) is 4.23. The summed E-state index contributed by atoms with van der Waals surface area (Å²) >= 11 is 0. The largest absolute Gasteiger partial charge is 0.497 e. The minimum atomic E-state index is 0.381.